The Balaban J connectivity index is 1.39. The summed E-state index contributed by atoms with van der Waals surface area (Å²) < 4.78 is 18.3. The molecule has 9 nitrogen and oxygen atoms in total. The first kappa shape index (κ1) is 28.3. The molecule has 0 unspecified atom stereocenters. The van der Waals surface area contributed by atoms with E-state index in [1.54, 1.807) is 48.5 Å². The molecule has 0 atom stereocenters. The molecule has 2 amide bonds. The number of ether oxygens (including phenoxy) is 3. The predicted molar refractivity (Wildman–Crippen MR) is 155 cm³/mol. The molecule has 0 aliphatic carbocycles. The van der Waals surface area contributed by atoms with Crippen LogP contribution in [0, 0.1) is 13.8 Å². The summed E-state index contributed by atoms with van der Waals surface area (Å²) in [6.45, 7) is 3.75. The Morgan fingerprint density at radius 1 is 0.900 bits per heavy atom. The number of nitrogens with zero attached hydrogens (tertiary/aromatic N) is 2. The third kappa shape index (κ3) is 6.62. The van der Waals surface area contributed by atoms with Crippen LogP contribution >= 0.6 is 11.6 Å². The molecule has 0 aliphatic heterocycles. The first-order valence-electron chi connectivity index (χ1n) is 12.3. The van der Waals surface area contributed by atoms with Crippen LogP contribution in [-0.2, 0) is 4.79 Å². The van der Waals surface area contributed by atoms with Crippen LogP contribution in [0.2, 0.25) is 5.02 Å². The van der Waals surface area contributed by atoms with Crippen LogP contribution in [0.25, 0.3) is 5.69 Å². The van der Waals surface area contributed by atoms with Gasteiger partial charge in [-0.1, -0.05) is 23.7 Å². The molecular formula is C30H29ClN4O5. The highest BCUT2D eigenvalue weighted by Crippen LogP contribution is 2.28. The van der Waals surface area contributed by atoms with Crippen LogP contribution in [0.4, 0.5) is 5.69 Å². The van der Waals surface area contributed by atoms with Crippen molar-refractivity contribution in [3.8, 4) is 22.9 Å². The van der Waals surface area contributed by atoms with Gasteiger partial charge >= 0.3 is 0 Å². The monoisotopic (exact) mass is 560 g/mol. The largest absolute Gasteiger partial charge is 0.495 e. The number of hydrazone groups is 1. The summed E-state index contributed by atoms with van der Waals surface area (Å²) in [6.07, 6.45) is 1.47. The minimum atomic E-state index is -0.446. The van der Waals surface area contributed by atoms with Gasteiger partial charge in [-0.25, -0.2) is 5.43 Å². The lowest BCUT2D eigenvalue weighted by Crippen LogP contribution is -2.20. The van der Waals surface area contributed by atoms with Crippen LogP contribution in [0.15, 0.2) is 77.9 Å². The lowest BCUT2D eigenvalue weighted by molar-refractivity contribution is -0.118. The highest BCUT2D eigenvalue weighted by atomic mass is 35.5. The summed E-state index contributed by atoms with van der Waals surface area (Å²) in [6, 6.07) is 21.4. The van der Waals surface area contributed by atoms with E-state index in [4.69, 9.17) is 25.8 Å². The van der Waals surface area contributed by atoms with Gasteiger partial charge in [0.1, 0.15) is 5.75 Å². The number of hydrogen-bond donors (Lipinski definition) is 2. The number of methoxy groups -OCH3 is 2. The number of rotatable bonds is 10. The fourth-order valence-corrected chi connectivity index (χ4v) is 4.29. The number of carbonyl (C=O) groups excluding carboxylic acids is 2. The average Bonchev–Trinajstić information content (AvgIpc) is 3.30. The third-order valence-corrected chi connectivity index (χ3v) is 6.36. The molecule has 4 aromatic rings. The highest BCUT2D eigenvalue weighted by molar-refractivity contribution is 6.33. The number of nitrogens with one attached hydrogen (secondary N) is 2. The van der Waals surface area contributed by atoms with Crippen molar-refractivity contribution in [2.45, 2.75) is 13.8 Å². The second-order valence-corrected chi connectivity index (χ2v) is 9.17. The van der Waals surface area contributed by atoms with Gasteiger partial charge in [0.15, 0.2) is 18.1 Å². The topological polar surface area (TPSA) is 103 Å². The second-order valence-electron chi connectivity index (χ2n) is 8.76. The molecule has 0 saturated carbocycles. The van der Waals surface area contributed by atoms with Crippen LogP contribution in [0.5, 0.6) is 17.2 Å². The molecule has 1 heterocycles. The molecule has 206 valence electrons. The summed E-state index contributed by atoms with van der Waals surface area (Å²) in [5, 5.41) is 7.13. The molecule has 0 saturated heterocycles. The van der Waals surface area contributed by atoms with E-state index in [0.29, 0.717) is 39.1 Å². The lowest BCUT2D eigenvalue weighted by Gasteiger charge is -2.13. The normalized spacial score (nSPS) is 10.8. The molecular weight excluding hydrogens is 532 g/mol. The SMILES string of the molecule is COc1ccccc1NC(=O)COc1ccc(C=NNC(=O)c2cc(-n3c(C)ccc3C)ccc2Cl)cc1OC. The standard InChI is InChI=1S/C30H29ClN4O5/c1-19-9-10-20(2)35(19)22-12-13-24(31)23(16-22)30(37)34-32-17-21-11-14-27(28(15-21)39-4)40-18-29(36)33-25-7-5-6-8-26(25)38-3/h5-17H,18H2,1-4H3,(H,33,36)(H,34,37). The Morgan fingerprint density at radius 2 is 1.62 bits per heavy atom. The van der Waals surface area contributed by atoms with Gasteiger partial charge in [0.2, 0.25) is 0 Å². The van der Waals surface area contributed by atoms with Crippen molar-refractivity contribution >= 4 is 35.3 Å². The van der Waals surface area contributed by atoms with Gasteiger partial charge in [-0.15, -0.1) is 0 Å². The maximum absolute atomic E-state index is 12.8. The summed E-state index contributed by atoms with van der Waals surface area (Å²) in [4.78, 5) is 25.2. The van der Waals surface area contributed by atoms with E-state index >= 15 is 0 Å². The molecule has 0 fully saturated rings. The van der Waals surface area contributed by atoms with Crippen LogP contribution in [-0.4, -0.2) is 43.4 Å². The van der Waals surface area contributed by atoms with Crippen LogP contribution in [0.3, 0.4) is 0 Å². The number of anilines is 1. The lowest BCUT2D eigenvalue weighted by atomic mass is 10.2. The summed E-state index contributed by atoms with van der Waals surface area (Å²) in [5.41, 5.74) is 6.92. The minimum absolute atomic E-state index is 0.236. The number of aromatic nitrogens is 1. The van der Waals surface area contributed by atoms with Crippen molar-refractivity contribution < 1.29 is 23.8 Å². The van der Waals surface area contributed by atoms with Crippen molar-refractivity contribution in [1.82, 2.24) is 9.99 Å². The van der Waals surface area contributed by atoms with Crippen molar-refractivity contribution in [3.63, 3.8) is 0 Å². The Labute approximate surface area is 237 Å². The maximum atomic E-state index is 12.8. The van der Waals surface area contributed by atoms with Crippen molar-refractivity contribution in [1.29, 1.82) is 0 Å². The highest BCUT2D eigenvalue weighted by Gasteiger charge is 2.14. The van der Waals surface area contributed by atoms with Crippen molar-refractivity contribution in [2.75, 3.05) is 26.1 Å². The Bertz CT molecular complexity index is 1540. The van der Waals surface area contributed by atoms with Gasteiger partial charge in [-0.3, -0.25) is 9.59 Å². The van der Waals surface area contributed by atoms with E-state index in [-0.39, 0.29) is 12.5 Å². The Kier molecular flexibility index (Phi) is 9.08. The molecule has 1 aromatic heterocycles. The number of halogens is 1. The Morgan fingerprint density at radius 3 is 2.35 bits per heavy atom. The summed E-state index contributed by atoms with van der Waals surface area (Å²) in [5.74, 6) is 0.514. The number of carbonyl (C=O) groups is 2. The predicted octanol–water partition coefficient (Wildman–Crippen LogP) is 5.55. The zero-order valence-corrected chi connectivity index (χ0v) is 23.3. The molecule has 2 N–H and O–H groups in total. The van der Waals surface area contributed by atoms with Gasteiger partial charge in [-0.2, -0.15) is 5.10 Å². The fourth-order valence-electron chi connectivity index (χ4n) is 4.09. The molecule has 4 rings (SSSR count). The molecule has 40 heavy (non-hydrogen) atoms. The first-order chi connectivity index (χ1) is 19.3. The number of hydrogen-bond acceptors (Lipinski definition) is 6. The van der Waals surface area contributed by atoms with Gasteiger partial charge in [0, 0.05) is 17.1 Å². The smallest absolute Gasteiger partial charge is 0.272 e. The van der Waals surface area contributed by atoms with Gasteiger partial charge in [0.05, 0.1) is 36.7 Å². The van der Waals surface area contributed by atoms with Crippen molar-refractivity contribution in [2.24, 2.45) is 5.10 Å². The van der Waals surface area contributed by atoms with Gasteiger partial charge in [0.25, 0.3) is 11.8 Å². The van der Waals surface area contributed by atoms with Gasteiger partial charge < -0.3 is 24.1 Å². The zero-order chi connectivity index (χ0) is 28.6. The molecule has 0 bridgehead atoms. The average molecular weight is 561 g/mol. The second kappa shape index (κ2) is 12.9. The zero-order valence-electron chi connectivity index (χ0n) is 22.5. The molecule has 0 radical (unpaired) electrons. The fraction of sp³-hybridized carbons (Fsp3) is 0.167. The Hall–Kier alpha value is -4.76. The van der Waals surface area contributed by atoms with E-state index in [0.717, 1.165) is 17.1 Å². The van der Waals surface area contributed by atoms with Crippen LogP contribution in [0.1, 0.15) is 27.3 Å². The number of para-hydroxylation sites is 2. The summed E-state index contributed by atoms with van der Waals surface area (Å²) in [7, 11) is 3.02. The molecule has 10 heteroatoms. The quantitative estimate of drug-likeness (QED) is 0.196. The van der Waals surface area contributed by atoms with Gasteiger partial charge in [-0.05, 0) is 80.1 Å². The molecule has 0 spiro atoms. The number of amides is 2. The number of aryl methyl sites for hydroxylation is 2. The summed E-state index contributed by atoms with van der Waals surface area (Å²) >= 11 is 6.31. The third-order valence-electron chi connectivity index (χ3n) is 6.03. The minimum Gasteiger partial charge on any atom is -0.495 e. The van der Waals surface area contributed by atoms with E-state index in [2.05, 4.69) is 15.8 Å². The molecule has 3 aromatic carbocycles. The van der Waals surface area contributed by atoms with Crippen molar-refractivity contribution in [3.05, 3.63) is 100 Å². The van der Waals surface area contributed by atoms with E-state index < -0.39 is 5.91 Å². The first-order valence-corrected chi connectivity index (χ1v) is 12.7. The van der Waals surface area contributed by atoms with E-state index in [9.17, 15) is 9.59 Å². The van der Waals surface area contributed by atoms with E-state index in [1.807, 2.05) is 42.7 Å². The maximum Gasteiger partial charge on any atom is 0.272 e. The molecule has 0 aliphatic rings. The van der Waals surface area contributed by atoms with Crippen LogP contribution < -0.4 is 25.0 Å². The van der Waals surface area contributed by atoms with E-state index in [1.165, 1.54) is 20.4 Å². The number of benzene rings is 3.